The number of carbonyl (C=O) groups is 1. The number of benzene rings is 1. The molecule has 2 nitrogen and oxygen atoms in total. The molecule has 0 radical (unpaired) electrons. The molecule has 1 aromatic carbocycles. The minimum absolute atomic E-state index is 0.0386. The summed E-state index contributed by atoms with van der Waals surface area (Å²) in [5, 5.41) is 3.87. The zero-order chi connectivity index (χ0) is 11.8. The Hall–Kier alpha value is -0.830. The first-order valence-corrected chi connectivity index (χ1v) is 6.61. The molecule has 1 fully saturated rings. The van der Waals surface area contributed by atoms with Crippen molar-refractivity contribution in [2.45, 2.75) is 31.6 Å². The van der Waals surface area contributed by atoms with Gasteiger partial charge in [0.1, 0.15) is 0 Å². The summed E-state index contributed by atoms with van der Waals surface area (Å²) in [5.41, 5.74) is 2.21. The lowest BCUT2D eigenvalue weighted by Crippen LogP contribution is -2.28. The van der Waals surface area contributed by atoms with E-state index in [0.29, 0.717) is 6.04 Å². The summed E-state index contributed by atoms with van der Waals surface area (Å²) in [7, 11) is 0. The lowest BCUT2D eigenvalue weighted by atomic mass is 10.1. The zero-order valence-electron chi connectivity index (χ0n) is 9.59. The third-order valence-corrected chi connectivity index (χ3v) is 3.84. The van der Waals surface area contributed by atoms with E-state index in [1.807, 2.05) is 24.3 Å². The molecule has 16 heavy (non-hydrogen) atoms. The van der Waals surface area contributed by atoms with Crippen molar-refractivity contribution in [1.29, 1.82) is 0 Å². The number of halogens is 1. The number of hydrogen-bond acceptors (Lipinski definition) is 1. The predicted octanol–water partition coefficient (Wildman–Crippen LogP) is 3.11. The van der Waals surface area contributed by atoms with Crippen LogP contribution in [0.4, 0.5) is 0 Å². The smallest absolute Gasteiger partial charge is 0.251 e. The van der Waals surface area contributed by atoms with Crippen molar-refractivity contribution in [3.8, 4) is 0 Å². The van der Waals surface area contributed by atoms with Crippen molar-refractivity contribution < 1.29 is 4.79 Å². The maximum absolute atomic E-state index is 11.9. The third-order valence-electron chi connectivity index (χ3n) is 3.19. The molecule has 1 saturated carbocycles. The third kappa shape index (κ3) is 2.46. The fourth-order valence-corrected chi connectivity index (χ4v) is 2.07. The van der Waals surface area contributed by atoms with Crippen molar-refractivity contribution in [3.05, 3.63) is 35.4 Å². The highest BCUT2D eigenvalue weighted by molar-refractivity contribution is 9.08. The molecule has 1 aliphatic carbocycles. The topological polar surface area (TPSA) is 29.1 Å². The van der Waals surface area contributed by atoms with Crippen molar-refractivity contribution in [2.75, 3.05) is 0 Å². The Morgan fingerprint density at radius 3 is 2.44 bits per heavy atom. The van der Waals surface area contributed by atoms with E-state index in [4.69, 9.17) is 0 Å². The van der Waals surface area contributed by atoms with Crippen LogP contribution < -0.4 is 5.32 Å². The molecule has 0 heterocycles. The van der Waals surface area contributed by atoms with Gasteiger partial charge in [0.25, 0.3) is 5.91 Å². The Morgan fingerprint density at radius 1 is 1.44 bits per heavy atom. The highest BCUT2D eigenvalue weighted by atomic mass is 79.9. The van der Waals surface area contributed by atoms with Crippen molar-refractivity contribution in [3.63, 3.8) is 0 Å². The zero-order valence-corrected chi connectivity index (χ0v) is 11.2. The Balaban J connectivity index is 1.99. The quantitative estimate of drug-likeness (QED) is 0.848. The van der Waals surface area contributed by atoms with Gasteiger partial charge in [-0.25, -0.2) is 0 Å². The number of carbonyl (C=O) groups excluding carboxylic acids is 1. The van der Waals surface area contributed by atoms with Crippen molar-refractivity contribution in [1.82, 2.24) is 5.32 Å². The predicted molar refractivity (Wildman–Crippen MR) is 68.7 cm³/mol. The second-order valence-electron chi connectivity index (χ2n) is 5.05. The molecule has 1 aliphatic rings. The summed E-state index contributed by atoms with van der Waals surface area (Å²) in [4.78, 5) is 11.9. The summed E-state index contributed by atoms with van der Waals surface area (Å²) in [6.07, 6.45) is 1.08. The maximum Gasteiger partial charge on any atom is 0.251 e. The molecule has 1 atom stereocenters. The van der Waals surface area contributed by atoms with Crippen molar-refractivity contribution >= 4 is 21.8 Å². The van der Waals surface area contributed by atoms with Gasteiger partial charge in [0.15, 0.2) is 0 Å². The Kier molecular flexibility index (Phi) is 3.06. The van der Waals surface area contributed by atoms with Gasteiger partial charge in [0.2, 0.25) is 0 Å². The summed E-state index contributed by atoms with van der Waals surface area (Å²) in [6.45, 7) is 4.35. The second kappa shape index (κ2) is 4.21. The molecule has 86 valence electrons. The molecule has 1 aromatic rings. The first-order chi connectivity index (χ1) is 7.53. The van der Waals surface area contributed by atoms with Gasteiger partial charge < -0.3 is 5.32 Å². The van der Waals surface area contributed by atoms with E-state index in [0.717, 1.165) is 17.3 Å². The van der Waals surface area contributed by atoms with Crippen LogP contribution in [0.15, 0.2) is 24.3 Å². The van der Waals surface area contributed by atoms with Gasteiger partial charge in [-0.15, -0.1) is 0 Å². The number of hydrogen-bond donors (Lipinski definition) is 1. The van der Waals surface area contributed by atoms with Crippen LogP contribution in [-0.4, -0.2) is 11.9 Å². The number of alkyl halides is 1. The molecular weight excluding hydrogens is 266 g/mol. The summed E-state index contributed by atoms with van der Waals surface area (Å²) in [6, 6.07) is 8.04. The number of rotatable bonds is 3. The molecular formula is C13H16BrNO. The maximum atomic E-state index is 11.9. The van der Waals surface area contributed by atoms with Crippen LogP contribution >= 0.6 is 15.9 Å². The van der Waals surface area contributed by atoms with Crippen LogP contribution in [0, 0.1) is 5.41 Å². The highest BCUT2D eigenvalue weighted by Gasteiger charge is 2.46. The summed E-state index contributed by atoms with van der Waals surface area (Å²) >= 11 is 3.38. The van der Waals surface area contributed by atoms with E-state index in [-0.39, 0.29) is 11.3 Å². The molecule has 0 aromatic heterocycles. The van der Waals surface area contributed by atoms with E-state index >= 15 is 0 Å². The van der Waals surface area contributed by atoms with Crippen LogP contribution in [0.1, 0.15) is 36.2 Å². The molecule has 2 rings (SSSR count). The Morgan fingerprint density at radius 2 is 2.00 bits per heavy atom. The lowest BCUT2D eigenvalue weighted by molar-refractivity contribution is 0.0946. The van der Waals surface area contributed by atoms with Crippen LogP contribution in [0.5, 0.6) is 0 Å². The van der Waals surface area contributed by atoms with Gasteiger partial charge in [0.05, 0.1) is 0 Å². The molecule has 1 N–H and O–H groups in total. The van der Waals surface area contributed by atoms with Crippen molar-refractivity contribution in [2.24, 2.45) is 5.41 Å². The molecule has 0 spiro atoms. The number of nitrogens with one attached hydrogen (secondary N) is 1. The minimum atomic E-state index is 0.0386. The average molecular weight is 282 g/mol. The van der Waals surface area contributed by atoms with Gasteiger partial charge in [-0.1, -0.05) is 41.9 Å². The molecule has 0 saturated heterocycles. The fraction of sp³-hybridized carbons (Fsp3) is 0.462. The van der Waals surface area contributed by atoms with Crippen LogP contribution in [-0.2, 0) is 5.33 Å². The van der Waals surface area contributed by atoms with E-state index in [1.54, 1.807) is 0 Å². The summed E-state index contributed by atoms with van der Waals surface area (Å²) < 4.78 is 0. The molecule has 1 amide bonds. The Bertz CT molecular complexity index is 397. The largest absolute Gasteiger partial charge is 0.349 e. The molecule has 1 unspecified atom stereocenters. The van der Waals surface area contributed by atoms with Gasteiger partial charge in [-0.3, -0.25) is 4.79 Å². The van der Waals surface area contributed by atoms with Gasteiger partial charge in [0, 0.05) is 16.9 Å². The van der Waals surface area contributed by atoms with Gasteiger partial charge in [-0.05, 0) is 29.5 Å². The normalized spacial score (nSPS) is 21.6. The monoisotopic (exact) mass is 281 g/mol. The first kappa shape index (κ1) is 11.6. The SMILES string of the molecule is CC1(C)CC1NC(=O)c1ccc(CBr)cc1. The van der Waals surface area contributed by atoms with E-state index in [2.05, 4.69) is 35.1 Å². The van der Waals surface area contributed by atoms with Crippen LogP contribution in [0.2, 0.25) is 0 Å². The average Bonchev–Trinajstić information content (AvgIpc) is 2.86. The number of amides is 1. The Labute approximate surface area is 105 Å². The van der Waals surface area contributed by atoms with Gasteiger partial charge in [-0.2, -0.15) is 0 Å². The lowest BCUT2D eigenvalue weighted by Gasteiger charge is -2.07. The highest BCUT2D eigenvalue weighted by Crippen LogP contribution is 2.44. The summed E-state index contributed by atoms with van der Waals surface area (Å²) in [5.74, 6) is 0.0386. The minimum Gasteiger partial charge on any atom is -0.349 e. The van der Waals surface area contributed by atoms with Crippen LogP contribution in [0.25, 0.3) is 0 Å². The van der Waals surface area contributed by atoms with Gasteiger partial charge >= 0.3 is 0 Å². The van der Waals surface area contributed by atoms with E-state index in [1.165, 1.54) is 5.56 Å². The molecule has 3 heteroatoms. The molecule has 0 bridgehead atoms. The van der Waals surface area contributed by atoms with E-state index in [9.17, 15) is 4.79 Å². The van der Waals surface area contributed by atoms with E-state index < -0.39 is 0 Å². The fourth-order valence-electron chi connectivity index (χ4n) is 1.70. The standard InChI is InChI=1S/C13H16BrNO/c1-13(2)7-11(13)15-12(16)10-5-3-9(8-14)4-6-10/h3-6,11H,7-8H2,1-2H3,(H,15,16). The van der Waals surface area contributed by atoms with Crippen LogP contribution in [0.3, 0.4) is 0 Å². The second-order valence-corrected chi connectivity index (χ2v) is 5.61. The molecule has 0 aliphatic heterocycles. The first-order valence-electron chi connectivity index (χ1n) is 5.49.